The average molecular weight is 332 g/mol. The van der Waals surface area contributed by atoms with Crippen molar-refractivity contribution in [2.45, 2.75) is 19.9 Å². The molecule has 0 radical (unpaired) electrons. The Bertz CT molecular complexity index is 725. The molecule has 0 saturated carbocycles. The molecule has 1 aromatic heterocycles. The lowest BCUT2D eigenvalue weighted by Gasteiger charge is -2.33. The molecule has 1 aromatic carbocycles. The van der Waals surface area contributed by atoms with Crippen molar-refractivity contribution in [1.82, 2.24) is 10.2 Å². The predicted molar refractivity (Wildman–Crippen MR) is 91.7 cm³/mol. The number of amides is 1. The molecular formula is C18H24N2O4. The Morgan fingerprint density at radius 3 is 3.04 bits per heavy atom. The van der Waals surface area contributed by atoms with Crippen LogP contribution in [0, 0.1) is 6.92 Å². The molecule has 24 heavy (non-hydrogen) atoms. The molecule has 1 amide bonds. The number of carbonyl (C=O) groups is 1. The van der Waals surface area contributed by atoms with Gasteiger partial charge >= 0.3 is 0 Å². The van der Waals surface area contributed by atoms with Crippen LogP contribution in [-0.2, 0) is 4.74 Å². The Balaban J connectivity index is 1.68. The van der Waals surface area contributed by atoms with Crippen LogP contribution >= 0.6 is 0 Å². The van der Waals surface area contributed by atoms with Crippen molar-refractivity contribution in [3.05, 3.63) is 29.5 Å². The highest BCUT2D eigenvalue weighted by Gasteiger charge is 2.21. The van der Waals surface area contributed by atoms with Crippen LogP contribution in [-0.4, -0.2) is 56.8 Å². The van der Waals surface area contributed by atoms with E-state index >= 15 is 0 Å². The summed E-state index contributed by atoms with van der Waals surface area (Å²) in [7, 11) is 1.61. The minimum atomic E-state index is -0.111. The molecule has 6 heteroatoms. The first-order chi connectivity index (χ1) is 11.6. The zero-order valence-corrected chi connectivity index (χ0v) is 14.4. The highest BCUT2D eigenvalue weighted by atomic mass is 16.5. The highest BCUT2D eigenvalue weighted by molar-refractivity contribution is 6.07. The number of benzene rings is 1. The fourth-order valence-corrected chi connectivity index (χ4v) is 3.10. The lowest BCUT2D eigenvalue weighted by Crippen LogP contribution is -2.46. The molecule has 0 unspecified atom stereocenters. The van der Waals surface area contributed by atoms with E-state index in [1.54, 1.807) is 7.11 Å². The summed E-state index contributed by atoms with van der Waals surface area (Å²) < 4.78 is 16.4. The van der Waals surface area contributed by atoms with E-state index in [0.717, 1.165) is 31.7 Å². The molecule has 1 aliphatic heterocycles. The summed E-state index contributed by atoms with van der Waals surface area (Å²) in [5.41, 5.74) is 1.28. The van der Waals surface area contributed by atoms with Crippen molar-refractivity contribution in [2.24, 2.45) is 0 Å². The van der Waals surface area contributed by atoms with Gasteiger partial charge in [0.05, 0.1) is 25.9 Å². The third-order valence-electron chi connectivity index (χ3n) is 4.49. The summed E-state index contributed by atoms with van der Waals surface area (Å²) in [6.45, 7) is 7.77. The standard InChI is InChI=1S/C18H24N2O4/c1-12-11-23-9-8-20(12)7-6-19-18(21)17-13(2)24-16-5-4-14(22-3)10-15(16)17/h4-5,10,12H,6-9,11H2,1-3H3,(H,19,21)/t12-/m0/s1. The zero-order valence-electron chi connectivity index (χ0n) is 14.4. The normalized spacial score (nSPS) is 18.7. The van der Waals surface area contributed by atoms with E-state index in [1.807, 2.05) is 25.1 Å². The summed E-state index contributed by atoms with van der Waals surface area (Å²) in [4.78, 5) is 14.9. The van der Waals surface area contributed by atoms with E-state index in [9.17, 15) is 4.79 Å². The van der Waals surface area contributed by atoms with E-state index in [1.165, 1.54) is 0 Å². The quantitative estimate of drug-likeness (QED) is 0.909. The fourth-order valence-electron chi connectivity index (χ4n) is 3.10. The number of nitrogens with one attached hydrogen (secondary N) is 1. The molecule has 1 N–H and O–H groups in total. The van der Waals surface area contributed by atoms with E-state index in [4.69, 9.17) is 13.9 Å². The van der Waals surface area contributed by atoms with Crippen LogP contribution in [0.4, 0.5) is 0 Å². The second-order valence-electron chi connectivity index (χ2n) is 6.11. The summed E-state index contributed by atoms with van der Waals surface area (Å²) in [5.74, 6) is 1.22. The second kappa shape index (κ2) is 7.23. The minimum absolute atomic E-state index is 0.111. The summed E-state index contributed by atoms with van der Waals surface area (Å²) in [6, 6.07) is 5.88. The largest absolute Gasteiger partial charge is 0.497 e. The number of fused-ring (bicyclic) bond motifs is 1. The first-order valence-electron chi connectivity index (χ1n) is 8.27. The number of hydrogen-bond acceptors (Lipinski definition) is 5. The molecule has 3 rings (SSSR count). The van der Waals surface area contributed by atoms with Crippen molar-refractivity contribution in [2.75, 3.05) is 40.0 Å². The smallest absolute Gasteiger partial charge is 0.255 e. The van der Waals surface area contributed by atoms with Crippen molar-refractivity contribution in [3.63, 3.8) is 0 Å². The SMILES string of the molecule is COc1ccc2oc(C)c(C(=O)NCCN3CCOC[C@@H]3C)c2c1. The molecule has 130 valence electrons. The predicted octanol–water partition coefficient (Wildman–Crippen LogP) is 2.20. The zero-order chi connectivity index (χ0) is 17.1. The van der Waals surface area contributed by atoms with Crippen LogP contribution in [0.15, 0.2) is 22.6 Å². The van der Waals surface area contributed by atoms with Gasteiger partial charge in [-0.1, -0.05) is 0 Å². The Morgan fingerprint density at radius 2 is 2.29 bits per heavy atom. The van der Waals surface area contributed by atoms with E-state index < -0.39 is 0 Å². The van der Waals surface area contributed by atoms with E-state index in [-0.39, 0.29) is 5.91 Å². The minimum Gasteiger partial charge on any atom is -0.497 e. The van der Waals surface area contributed by atoms with Gasteiger partial charge in [-0.2, -0.15) is 0 Å². The number of methoxy groups -OCH3 is 1. The number of morpholine rings is 1. The summed E-state index contributed by atoms with van der Waals surface area (Å²) in [5, 5.41) is 3.78. The average Bonchev–Trinajstić information content (AvgIpc) is 2.91. The number of rotatable bonds is 5. The lowest BCUT2D eigenvalue weighted by atomic mass is 10.1. The number of aryl methyl sites for hydroxylation is 1. The molecule has 1 saturated heterocycles. The highest BCUT2D eigenvalue weighted by Crippen LogP contribution is 2.28. The molecule has 0 aliphatic carbocycles. The third kappa shape index (κ3) is 3.39. The van der Waals surface area contributed by atoms with Crippen LogP contribution in [0.25, 0.3) is 11.0 Å². The van der Waals surface area contributed by atoms with Gasteiger partial charge in [-0.05, 0) is 32.0 Å². The number of carbonyl (C=O) groups excluding carboxylic acids is 1. The molecule has 1 atom stereocenters. The van der Waals surface area contributed by atoms with Gasteiger partial charge in [0, 0.05) is 31.1 Å². The number of hydrogen-bond donors (Lipinski definition) is 1. The van der Waals surface area contributed by atoms with Gasteiger partial charge < -0.3 is 19.2 Å². The van der Waals surface area contributed by atoms with E-state index in [0.29, 0.717) is 35.2 Å². The van der Waals surface area contributed by atoms with Gasteiger partial charge in [0.2, 0.25) is 0 Å². The monoisotopic (exact) mass is 332 g/mol. The van der Waals surface area contributed by atoms with Gasteiger partial charge in [0.25, 0.3) is 5.91 Å². The van der Waals surface area contributed by atoms with Gasteiger partial charge in [-0.3, -0.25) is 9.69 Å². The van der Waals surface area contributed by atoms with Gasteiger partial charge in [-0.15, -0.1) is 0 Å². The third-order valence-corrected chi connectivity index (χ3v) is 4.49. The molecule has 2 aromatic rings. The number of nitrogens with zero attached hydrogens (tertiary/aromatic N) is 1. The van der Waals surface area contributed by atoms with Crippen molar-refractivity contribution < 1.29 is 18.7 Å². The van der Waals surface area contributed by atoms with Crippen molar-refractivity contribution in [3.8, 4) is 5.75 Å². The molecule has 2 heterocycles. The fraction of sp³-hybridized carbons (Fsp3) is 0.500. The molecule has 0 spiro atoms. The van der Waals surface area contributed by atoms with E-state index in [2.05, 4.69) is 17.1 Å². The van der Waals surface area contributed by atoms with Crippen LogP contribution < -0.4 is 10.1 Å². The Morgan fingerprint density at radius 1 is 1.46 bits per heavy atom. The Labute approximate surface area is 141 Å². The van der Waals surface area contributed by atoms with Crippen LogP contribution in [0.1, 0.15) is 23.0 Å². The Kier molecular flexibility index (Phi) is 5.06. The maximum absolute atomic E-state index is 12.6. The summed E-state index contributed by atoms with van der Waals surface area (Å²) in [6.07, 6.45) is 0. The molecule has 1 fully saturated rings. The number of furan rings is 1. The topological polar surface area (TPSA) is 63.9 Å². The first-order valence-corrected chi connectivity index (χ1v) is 8.27. The maximum Gasteiger partial charge on any atom is 0.255 e. The van der Waals surface area contributed by atoms with Crippen molar-refractivity contribution >= 4 is 16.9 Å². The summed E-state index contributed by atoms with van der Waals surface area (Å²) >= 11 is 0. The maximum atomic E-state index is 12.6. The lowest BCUT2D eigenvalue weighted by molar-refractivity contribution is 0.000541. The molecule has 0 bridgehead atoms. The van der Waals surface area contributed by atoms with Gasteiger partial charge in [0.15, 0.2) is 0 Å². The first kappa shape index (κ1) is 16.8. The van der Waals surface area contributed by atoms with Crippen molar-refractivity contribution in [1.29, 1.82) is 0 Å². The van der Waals surface area contributed by atoms with Gasteiger partial charge in [0.1, 0.15) is 17.1 Å². The Hall–Kier alpha value is -2.05. The van der Waals surface area contributed by atoms with Crippen LogP contribution in [0.2, 0.25) is 0 Å². The van der Waals surface area contributed by atoms with Crippen LogP contribution in [0.5, 0.6) is 5.75 Å². The molecular weight excluding hydrogens is 308 g/mol. The van der Waals surface area contributed by atoms with Gasteiger partial charge in [-0.25, -0.2) is 0 Å². The number of ether oxygens (including phenoxy) is 2. The molecule has 6 nitrogen and oxygen atoms in total. The second-order valence-corrected chi connectivity index (χ2v) is 6.11. The molecule has 1 aliphatic rings. The van der Waals surface area contributed by atoms with Crippen LogP contribution in [0.3, 0.4) is 0 Å².